The fourth-order valence-electron chi connectivity index (χ4n) is 7.32. The maximum atomic E-state index is 12.7. The molecule has 0 heterocycles. The summed E-state index contributed by atoms with van der Waals surface area (Å²) in [5, 5.41) is 0. The molecule has 3 fully saturated rings. The van der Waals surface area contributed by atoms with Crippen molar-refractivity contribution < 1.29 is 23.8 Å². The van der Waals surface area contributed by atoms with Crippen LogP contribution in [-0.4, -0.2) is 25.5 Å². The summed E-state index contributed by atoms with van der Waals surface area (Å²) in [5.74, 6) is 4.58. The Labute approximate surface area is 253 Å². The molecule has 230 valence electrons. The number of benzene rings is 2. The predicted molar refractivity (Wildman–Crippen MR) is 169 cm³/mol. The fourth-order valence-corrected chi connectivity index (χ4v) is 7.32. The average molecular weight is 577 g/mol. The number of esters is 1. The van der Waals surface area contributed by atoms with E-state index in [-0.39, 0.29) is 11.9 Å². The largest absolute Gasteiger partial charge is 0.494 e. The van der Waals surface area contributed by atoms with Crippen molar-refractivity contribution in [1.29, 1.82) is 0 Å². The number of hydrogen-bond acceptors (Lipinski definition) is 5. The standard InChI is InChI=1S/C35H46O5.C2H6/c1-2-38-32-17-19-33(20-18-32)40-35(37)29-10-8-25(9-11-29)24-39-34-21-16-30(22-31(34)23-36)28-14-12-27(13-15-28)26-6-4-3-5-7-26;1-2/h16-23,25-29H,2-15,24H2,1H3;1-2H3. The number of aldehydes is 1. The molecule has 3 aliphatic carbocycles. The van der Waals surface area contributed by atoms with Crippen LogP contribution in [0.25, 0.3) is 0 Å². The minimum atomic E-state index is -0.157. The van der Waals surface area contributed by atoms with Crippen LogP contribution in [0.5, 0.6) is 17.2 Å². The normalized spacial score (nSPS) is 24.5. The summed E-state index contributed by atoms with van der Waals surface area (Å²) >= 11 is 0. The Hall–Kier alpha value is -2.82. The van der Waals surface area contributed by atoms with E-state index in [1.165, 1.54) is 63.4 Å². The van der Waals surface area contributed by atoms with Crippen molar-refractivity contribution >= 4 is 12.3 Å². The molecule has 2 aromatic rings. The maximum absolute atomic E-state index is 12.7. The first-order chi connectivity index (χ1) is 20.6. The van der Waals surface area contributed by atoms with E-state index in [2.05, 4.69) is 12.1 Å². The van der Waals surface area contributed by atoms with Crippen LogP contribution in [0.15, 0.2) is 42.5 Å². The summed E-state index contributed by atoms with van der Waals surface area (Å²) in [5.41, 5.74) is 1.96. The Kier molecular flexibility index (Phi) is 12.8. The molecule has 3 saturated carbocycles. The highest BCUT2D eigenvalue weighted by atomic mass is 16.5. The van der Waals surface area contributed by atoms with Crippen molar-refractivity contribution in [3.63, 3.8) is 0 Å². The highest BCUT2D eigenvalue weighted by Gasteiger charge is 2.30. The average Bonchev–Trinajstić information content (AvgIpc) is 3.06. The Balaban J connectivity index is 0.00000198. The van der Waals surface area contributed by atoms with Gasteiger partial charge in [-0.15, -0.1) is 0 Å². The molecular formula is C37H52O5. The third-order valence-corrected chi connectivity index (χ3v) is 9.73. The lowest BCUT2D eigenvalue weighted by Gasteiger charge is -2.36. The highest BCUT2D eigenvalue weighted by Crippen LogP contribution is 2.43. The number of carbonyl (C=O) groups is 2. The van der Waals surface area contributed by atoms with Gasteiger partial charge >= 0.3 is 5.97 Å². The SMILES string of the molecule is CC.CCOc1ccc(OC(=O)C2CCC(COc3ccc(C4CCC(C5CCCCC5)CC4)cc3C=O)CC2)cc1. The summed E-state index contributed by atoms with van der Waals surface area (Å²) < 4.78 is 17.2. The van der Waals surface area contributed by atoms with E-state index in [4.69, 9.17) is 14.2 Å². The van der Waals surface area contributed by atoms with Gasteiger partial charge in [-0.1, -0.05) is 52.0 Å². The Bertz CT molecular complexity index is 1090. The number of carbonyl (C=O) groups excluding carboxylic acids is 2. The molecule has 42 heavy (non-hydrogen) atoms. The fraction of sp³-hybridized carbons (Fsp3) is 0.622. The smallest absolute Gasteiger partial charge is 0.314 e. The molecule has 0 unspecified atom stereocenters. The van der Waals surface area contributed by atoms with Gasteiger partial charge in [0.2, 0.25) is 0 Å². The summed E-state index contributed by atoms with van der Waals surface area (Å²) in [6.07, 6.45) is 16.7. The van der Waals surface area contributed by atoms with Crippen LogP contribution in [0.4, 0.5) is 0 Å². The van der Waals surface area contributed by atoms with Crippen LogP contribution in [-0.2, 0) is 4.79 Å². The first-order valence-electron chi connectivity index (χ1n) is 16.8. The molecule has 0 spiro atoms. The maximum Gasteiger partial charge on any atom is 0.314 e. The topological polar surface area (TPSA) is 61.8 Å². The number of hydrogen-bond donors (Lipinski definition) is 0. The molecule has 0 amide bonds. The summed E-state index contributed by atoms with van der Waals surface area (Å²) in [4.78, 5) is 24.6. The van der Waals surface area contributed by atoms with Gasteiger partial charge in [0.1, 0.15) is 17.2 Å². The lowest BCUT2D eigenvalue weighted by molar-refractivity contribution is -0.140. The zero-order valence-corrected chi connectivity index (χ0v) is 26.2. The molecular weight excluding hydrogens is 524 g/mol. The van der Waals surface area contributed by atoms with Crippen LogP contribution < -0.4 is 14.2 Å². The van der Waals surface area contributed by atoms with E-state index < -0.39 is 0 Å². The number of ether oxygens (including phenoxy) is 3. The quantitative estimate of drug-likeness (QED) is 0.160. The van der Waals surface area contributed by atoms with Crippen molar-refractivity contribution in [2.45, 2.75) is 110 Å². The van der Waals surface area contributed by atoms with Crippen molar-refractivity contribution in [2.75, 3.05) is 13.2 Å². The van der Waals surface area contributed by atoms with Crippen molar-refractivity contribution in [3.8, 4) is 17.2 Å². The van der Waals surface area contributed by atoms with E-state index in [1.54, 1.807) is 12.1 Å². The van der Waals surface area contributed by atoms with Gasteiger partial charge < -0.3 is 14.2 Å². The van der Waals surface area contributed by atoms with Crippen LogP contribution >= 0.6 is 0 Å². The summed E-state index contributed by atoms with van der Waals surface area (Å²) in [6.45, 7) is 7.12. The predicted octanol–water partition coefficient (Wildman–Crippen LogP) is 9.57. The van der Waals surface area contributed by atoms with E-state index in [1.807, 2.05) is 39.0 Å². The van der Waals surface area contributed by atoms with Gasteiger partial charge in [-0.2, -0.15) is 0 Å². The molecule has 5 heteroatoms. The van der Waals surface area contributed by atoms with Gasteiger partial charge in [0.05, 0.1) is 24.7 Å². The van der Waals surface area contributed by atoms with Crippen LogP contribution in [0.3, 0.4) is 0 Å². The van der Waals surface area contributed by atoms with E-state index in [0.29, 0.717) is 42.1 Å². The first-order valence-corrected chi connectivity index (χ1v) is 16.8. The van der Waals surface area contributed by atoms with Gasteiger partial charge in [0.25, 0.3) is 0 Å². The van der Waals surface area contributed by atoms with Gasteiger partial charge in [-0.25, -0.2) is 0 Å². The van der Waals surface area contributed by atoms with Gasteiger partial charge in [-0.05, 0) is 124 Å². The molecule has 0 aromatic heterocycles. The molecule has 5 rings (SSSR count). The lowest BCUT2D eigenvalue weighted by Crippen LogP contribution is -2.27. The zero-order valence-electron chi connectivity index (χ0n) is 26.2. The Morgan fingerprint density at radius 2 is 1.40 bits per heavy atom. The molecule has 0 saturated heterocycles. The third kappa shape index (κ3) is 8.84. The minimum absolute atomic E-state index is 0.0826. The highest BCUT2D eigenvalue weighted by molar-refractivity contribution is 5.79. The van der Waals surface area contributed by atoms with Crippen LogP contribution in [0, 0.1) is 23.7 Å². The zero-order chi connectivity index (χ0) is 29.7. The van der Waals surface area contributed by atoms with Crippen molar-refractivity contribution in [2.24, 2.45) is 23.7 Å². The minimum Gasteiger partial charge on any atom is -0.494 e. The van der Waals surface area contributed by atoms with Crippen LogP contribution in [0.1, 0.15) is 126 Å². The van der Waals surface area contributed by atoms with Crippen molar-refractivity contribution in [3.05, 3.63) is 53.6 Å². The molecule has 0 bridgehead atoms. The molecule has 3 aliphatic rings. The van der Waals surface area contributed by atoms with Crippen molar-refractivity contribution in [1.82, 2.24) is 0 Å². The third-order valence-electron chi connectivity index (χ3n) is 9.73. The van der Waals surface area contributed by atoms with Crippen LogP contribution in [0.2, 0.25) is 0 Å². The number of rotatable bonds is 10. The second-order valence-corrected chi connectivity index (χ2v) is 12.3. The molecule has 0 radical (unpaired) electrons. The monoisotopic (exact) mass is 576 g/mol. The van der Waals surface area contributed by atoms with Gasteiger partial charge in [0, 0.05) is 0 Å². The summed E-state index contributed by atoms with van der Waals surface area (Å²) in [6, 6.07) is 13.5. The summed E-state index contributed by atoms with van der Waals surface area (Å²) in [7, 11) is 0. The second kappa shape index (κ2) is 16.7. The van der Waals surface area contributed by atoms with E-state index >= 15 is 0 Å². The Morgan fingerprint density at radius 1 is 0.762 bits per heavy atom. The van der Waals surface area contributed by atoms with E-state index in [0.717, 1.165) is 49.6 Å². The van der Waals surface area contributed by atoms with Gasteiger partial charge in [0.15, 0.2) is 6.29 Å². The lowest BCUT2D eigenvalue weighted by atomic mass is 9.70. The molecule has 0 N–H and O–H groups in total. The molecule has 2 aromatic carbocycles. The molecule has 0 atom stereocenters. The first kappa shape index (κ1) is 32.1. The molecule has 5 nitrogen and oxygen atoms in total. The van der Waals surface area contributed by atoms with Gasteiger partial charge in [-0.3, -0.25) is 9.59 Å². The Morgan fingerprint density at radius 3 is 2.05 bits per heavy atom. The molecule has 0 aliphatic heterocycles. The second-order valence-electron chi connectivity index (χ2n) is 12.3. The van der Waals surface area contributed by atoms with E-state index in [9.17, 15) is 9.59 Å².